The first-order valence-corrected chi connectivity index (χ1v) is 10.9. The fourth-order valence-corrected chi connectivity index (χ4v) is 3.38. The molecule has 0 radical (unpaired) electrons. The third kappa shape index (κ3) is 5.89. The highest BCUT2D eigenvalue weighted by Gasteiger charge is 2.24. The van der Waals surface area contributed by atoms with E-state index in [-0.39, 0.29) is 36.1 Å². The van der Waals surface area contributed by atoms with Crippen LogP contribution in [0.1, 0.15) is 29.7 Å². The number of hydrogen-bond acceptors (Lipinski definition) is 9. The molecule has 0 aliphatic rings. The summed E-state index contributed by atoms with van der Waals surface area (Å²) in [5.74, 6) is -0.818. The summed E-state index contributed by atoms with van der Waals surface area (Å²) in [6, 6.07) is 17.0. The highest BCUT2D eigenvalue weighted by Crippen LogP contribution is 2.23. The van der Waals surface area contributed by atoms with Crippen LogP contribution in [0.4, 0.5) is 5.82 Å². The lowest BCUT2D eigenvalue weighted by atomic mass is 10.2. The van der Waals surface area contributed by atoms with Crippen molar-refractivity contribution in [2.75, 3.05) is 32.2 Å². The number of nitrogens with zero attached hydrogens (tertiary/aromatic N) is 4. The number of nitrogens with one attached hydrogen (secondary N) is 1. The van der Waals surface area contributed by atoms with E-state index in [1.807, 2.05) is 0 Å². The SMILES string of the molecule is [2H]C([3H])OC[C@H](CO)O[C@H](COC(=O)c1ccccc1)n1cnc2c(NC(=O)c3ccccc3)ncnc21. The van der Waals surface area contributed by atoms with Gasteiger partial charge in [0, 0.05) is 12.6 Å². The highest BCUT2D eigenvalue weighted by molar-refractivity contribution is 6.06. The van der Waals surface area contributed by atoms with Gasteiger partial charge in [0.15, 0.2) is 23.2 Å². The van der Waals surface area contributed by atoms with Gasteiger partial charge in [-0.15, -0.1) is 0 Å². The number of carbonyl (C=O) groups is 2. The average molecular weight is 495 g/mol. The first-order valence-electron chi connectivity index (χ1n) is 12.1. The largest absolute Gasteiger partial charge is 0.457 e. The average Bonchev–Trinajstić information content (AvgIpc) is 3.38. The quantitative estimate of drug-likeness (QED) is 0.301. The Labute approximate surface area is 209 Å². The van der Waals surface area contributed by atoms with E-state index in [0.717, 1.165) is 0 Å². The molecule has 186 valence electrons. The second-order valence-corrected chi connectivity index (χ2v) is 7.56. The van der Waals surface area contributed by atoms with E-state index in [9.17, 15) is 14.7 Å². The number of benzene rings is 2. The van der Waals surface area contributed by atoms with Crippen LogP contribution in [0.15, 0.2) is 73.3 Å². The minimum Gasteiger partial charge on any atom is -0.457 e. The molecular formula is C25H25N5O6. The Bertz CT molecular complexity index is 1360. The molecule has 1 amide bonds. The summed E-state index contributed by atoms with van der Waals surface area (Å²) in [6.45, 7) is -1.04. The minimum absolute atomic E-state index is 0.163. The number of aliphatic hydroxyl groups is 1. The third-order valence-electron chi connectivity index (χ3n) is 5.14. The summed E-state index contributed by atoms with van der Waals surface area (Å²) >= 11 is 0. The standard InChI is InChI=1S/C25H25N5O6/c1-34-13-19(12-31)36-20(14-35-25(33)18-10-6-3-7-11-18)30-16-28-21-22(26-15-27-23(21)30)29-24(32)17-8-4-2-5-9-17/h2-11,15-16,19-20,31H,12-14H2,1H3,(H,26,27,29,32)/t19-,20+/m0/s1/i1TD/t1?,19-,20+. The first kappa shape index (κ1) is 22.3. The third-order valence-corrected chi connectivity index (χ3v) is 5.14. The molecule has 0 fully saturated rings. The molecular weight excluding hydrogens is 466 g/mol. The topological polar surface area (TPSA) is 138 Å². The van der Waals surface area contributed by atoms with Crippen LogP contribution in [-0.4, -0.2) is 69.5 Å². The van der Waals surface area contributed by atoms with Crippen molar-refractivity contribution < 1.29 is 31.6 Å². The highest BCUT2D eigenvalue weighted by atomic mass is 16.6. The molecule has 4 rings (SSSR count). The Hall–Kier alpha value is -4.19. The molecule has 2 aromatic heterocycles. The predicted molar refractivity (Wildman–Crippen MR) is 129 cm³/mol. The van der Waals surface area contributed by atoms with Crippen LogP contribution < -0.4 is 5.32 Å². The van der Waals surface area contributed by atoms with Crippen molar-refractivity contribution in [3.05, 3.63) is 84.4 Å². The number of aromatic nitrogens is 4. The molecule has 2 aromatic carbocycles. The number of amides is 1. The van der Waals surface area contributed by atoms with E-state index >= 15 is 0 Å². The van der Waals surface area contributed by atoms with Crippen molar-refractivity contribution in [3.8, 4) is 0 Å². The van der Waals surface area contributed by atoms with Gasteiger partial charge in [-0.3, -0.25) is 9.36 Å². The number of imidazole rings is 1. The second kappa shape index (κ2) is 12.0. The van der Waals surface area contributed by atoms with Gasteiger partial charge in [-0.05, 0) is 24.3 Å². The number of ether oxygens (including phenoxy) is 3. The first-order chi connectivity index (χ1) is 18.5. The molecule has 2 N–H and O–H groups in total. The molecule has 3 atom stereocenters. The van der Waals surface area contributed by atoms with E-state index in [0.29, 0.717) is 11.1 Å². The number of carbonyl (C=O) groups excluding carboxylic acids is 2. The van der Waals surface area contributed by atoms with Crippen molar-refractivity contribution >= 4 is 28.9 Å². The van der Waals surface area contributed by atoms with Crippen LogP contribution in [0.25, 0.3) is 11.2 Å². The molecule has 0 saturated carbocycles. The van der Waals surface area contributed by atoms with Gasteiger partial charge in [0.25, 0.3) is 5.91 Å². The molecule has 36 heavy (non-hydrogen) atoms. The Kier molecular flexibility index (Phi) is 7.41. The number of esters is 1. The van der Waals surface area contributed by atoms with Crippen molar-refractivity contribution in [3.63, 3.8) is 0 Å². The Morgan fingerprint density at radius 1 is 1.08 bits per heavy atom. The van der Waals surface area contributed by atoms with E-state index in [4.69, 9.17) is 17.0 Å². The zero-order chi connectivity index (χ0) is 26.9. The van der Waals surface area contributed by atoms with E-state index in [1.165, 1.54) is 17.2 Å². The van der Waals surface area contributed by atoms with Crippen LogP contribution in [-0.2, 0) is 14.2 Å². The van der Waals surface area contributed by atoms with Gasteiger partial charge in [-0.2, -0.15) is 0 Å². The fraction of sp³-hybridized carbons (Fsp3) is 0.240. The van der Waals surface area contributed by atoms with Crippen LogP contribution in [0.3, 0.4) is 0 Å². The fourth-order valence-electron chi connectivity index (χ4n) is 3.38. The Morgan fingerprint density at radius 2 is 1.81 bits per heavy atom. The van der Waals surface area contributed by atoms with Crippen molar-refractivity contribution in [1.29, 1.82) is 0 Å². The smallest absolute Gasteiger partial charge is 0.338 e. The number of fused-ring (bicyclic) bond motifs is 1. The molecule has 2 heterocycles. The van der Waals surface area contributed by atoms with Crippen molar-refractivity contribution in [2.24, 2.45) is 0 Å². The monoisotopic (exact) mass is 494 g/mol. The second-order valence-electron chi connectivity index (χ2n) is 7.56. The van der Waals surface area contributed by atoms with E-state index in [1.54, 1.807) is 60.7 Å². The number of hydrogen-bond donors (Lipinski definition) is 2. The lowest BCUT2D eigenvalue weighted by molar-refractivity contribution is -0.117. The minimum atomic E-state index is -1.57. The van der Waals surface area contributed by atoms with Gasteiger partial charge < -0.3 is 24.6 Å². The summed E-state index contributed by atoms with van der Waals surface area (Å²) < 4.78 is 32.3. The lowest BCUT2D eigenvalue weighted by Crippen LogP contribution is -2.30. The molecule has 4 aromatic rings. The van der Waals surface area contributed by atoms with E-state index < -0.39 is 32.0 Å². The van der Waals surface area contributed by atoms with Crippen molar-refractivity contribution in [1.82, 2.24) is 19.5 Å². The molecule has 11 nitrogen and oxygen atoms in total. The molecule has 0 spiro atoms. The maximum absolute atomic E-state index is 12.7. The Balaban J connectivity index is 1.60. The lowest BCUT2D eigenvalue weighted by Gasteiger charge is -2.24. The summed E-state index contributed by atoms with van der Waals surface area (Å²) in [5, 5.41) is 12.5. The summed E-state index contributed by atoms with van der Waals surface area (Å²) in [4.78, 5) is 37.9. The van der Waals surface area contributed by atoms with Crippen LogP contribution in [0.2, 0.25) is 0 Å². The van der Waals surface area contributed by atoms with Gasteiger partial charge in [-0.25, -0.2) is 19.7 Å². The maximum Gasteiger partial charge on any atom is 0.338 e. The molecule has 11 heteroatoms. The summed E-state index contributed by atoms with van der Waals surface area (Å²) in [7, 11) is -1.57. The van der Waals surface area contributed by atoms with Gasteiger partial charge in [0.1, 0.15) is 19.0 Å². The van der Waals surface area contributed by atoms with Gasteiger partial charge in [0.05, 0.1) is 27.8 Å². The van der Waals surface area contributed by atoms with Crippen LogP contribution in [0.5, 0.6) is 0 Å². The molecule has 1 unspecified atom stereocenters. The predicted octanol–water partition coefficient (Wildman–Crippen LogP) is 2.46. The molecule has 0 bridgehead atoms. The summed E-state index contributed by atoms with van der Waals surface area (Å²) in [5.41, 5.74) is 1.29. The van der Waals surface area contributed by atoms with Gasteiger partial charge >= 0.3 is 5.97 Å². The van der Waals surface area contributed by atoms with Crippen molar-refractivity contribution in [2.45, 2.75) is 12.3 Å². The number of rotatable bonds is 11. The van der Waals surface area contributed by atoms with E-state index in [2.05, 4.69) is 20.3 Å². The Morgan fingerprint density at radius 3 is 2.50 bits per heavy atom. The maximum atomic E-state index is 12.7. The zero-order valence-electron chi connectivity index (χ0n) is 21.1. The number of methoxy groups -OCH3 is 1. The van der Waals surface area contributed by atoms with Crippen LogP contribution in [0, 0.1) is 0 Å². The number of aliphatic hydroxyl groups excluding tert-OH is 1. The molecule has 0 aliphatic carbocycles. The van der Waals surface area contributed by atoms with Gasteiger partial charge in [0.2, 0.25) is 0 Å². The van der Waals surface area contributed by atoms with Gasteiger partial charge in [-0.1, -0.05) is 36.4 Å². The molecule has 0 aliphatic heterocycles. The zero-order valence-corrected chi connectivity index (χ0v) is 19.1. The molecule has 0 saturated heterocycles. The van der Waals surface area contributed by atoms with Crippen LogP contribution >= 0.6 is 0 Å². The number of anilines is 1. The summed E-state index contributed by atoms with van der Waals surface area (Å²) in [6.07, 6.45) is 0.637. The normalized spacial score (nSPS) is 14.4.